The Hall–Kier alpha value is -0.780. The van der Waals surface area contributed by atoms with Gasteiger partial charge in [0.25, 0.3) is 0 Å². The number of carbonyl (C=O) groups is 1. The molecule has 0 saturated heterocycles. The van der Waals surface area contributed by atoms with Crippen LogP contribution in [0.2, 0.25) is 0 Å². The standard InChI is InChI=1S/C7H12F3NO2/c1-6(4-13-2,5(11)12)3-7(8,9)10/h3-4H2,1-2H3,(H2,11,12). The van der Waals surface area contributed by atoms with Crippen molar-refractivity contribution in [2.75, 3.05) is 13.7 Å². The fourth-order valence-electron chi connectivity index (χ4n) is 0.970. The van der Waals surface area contributed by atoms with Crippen LogP contribution in [0.3, 0.4) is 0 Å². The molecule has 6 heteroatoms. The van der Waals surface area contributed by atoms with Crippen LogP contribution in [0.25, 0.3) is 0 Å². The SMILES string of the molecule is COCC(C)(CC(F)(F)F)C(N)=O. The number of hydrogen-bond acceptors (Lipinski definition) is 2. The van der Waals surface area contributed by atoms with Gasteiger partial charge in [-0.15, -0.1) is 0 Å². The van der Waals surface area contributed by atoms with Crippen molar-refractivity contribution < 1.29 is 22.7 Å². The molecule has 1 unspecified atom stereocenters. The second kappa shape index (κ2) is 3.95. The molecule has 0 spiro atoms. The number of nitrogens with two attached hydrogens (primary N) is 1. The van der Waals surface area contributed by atoms with Crippen LogP contribution < -0.4 is 5.73 Å². The predicted molar refractivity (Wildman–Crippen MR) is 39.8 cm³/mol. The molecule has 0 aliphatic rings. The molecule has 0 heterocycles. The quantitative estimate of drug-likeness (QED) is 0.736. The zero-order valence-electron chi connectivity index (χ0n) is 7.44. The van der Waals surface area contributed by atoms with Crippen LogP contribution in [0.4, 0.5) is 13.2 Å². The van der Waals surface area contributed by atoms with Gasteiger partial charge in [0.1, 0.15) is 0 Å². The van der Waals surface area contributed by atoms with E-state index in [1.54, 1.807) is 0 Å². The van der Waals surface area contributed by atoms with Crippen molar-refractivity contribution in [2.45, 2.75) is 19.5 Å². The summed E-state index contributed by atoms with van der Waals surface area (Å²) in [5.74, 6) is -1.01. The molecular weight excluding hydrogens is 187 g/mol. The summed E-state index contributed by atoms with van der Waals surface area (Å²) in [6.07, 6.45) is -5.68. The summed E-state index contributed by atoms with van der Waals surface area (Å²) < 4.78 is 40.4. The molecule has 1 amide bonds. The highest BCUT2D eigenvalue weighted by Gasteiger charge is 2.43. The van der Waals surface area contributed by atoms with Gasteiger partial charge in [-0.1, -0.05) is 0 Å². The Morgan fingerprint density at radius 2 is 1.92 bits per heavy atom. The molecule has 2 N–H and O–H groups in total. The van der Waals surface area contributed by atoms with E-state index in [1.165, 1.54) is 7.11 Å². The first-order chi connectivity index (χ1) is 5.71. The lowest BCUT2D eigenvalue weighted by atomic mass is 9.87. The van der Waals surface area contributed by atoms with Crippen LogP contribution in [0.15, 0.2) is 0 Å². The number of alkyl halides is 3. The Kier molecular flexibility index (Phi) is 3.71. The lowest BCUT2D eigenvalue weighted by Gasteiger charge is -2.25. The van der Waals surface area contributed by atoms with E-state index in [-0.39, 0.29) is 6.61 Å². The van der Waals surface area contributed by atoms with Crippen molar-refractivity contribution >= 4 is 5.91 Å². The average Bonchev–Trinajstić information content (AvgIpc) is 1.82. The number of amides is 1. The van der Waals surface area contributed by atoms with E-state index in [1.807, 2.05) is 0 Å². The monoisotopic (exact) mass is 199 g/mol. The normalized spacial score (nSPS) is 16.7. The van der Waals surface area contributed by atoms with Gasteiger partial charge in [-0.05, 0) is 6.92 Å². The lowest BCUT2D eigenvalue weighted by molar-refractivity contribution is -0.170. The second-order valence-corrected chi connectivity index (χ2v) is 3.15. The Morgan fingerprint density at radius 1 is 1.46 bits per heavy atom. The van der Waals surface area contributed by atoms with Gasteiger partial charge in [0.05, 0.1) is 18.4 Å². The van der Waals surface area contributed by atoms with Crippen molar-refractivity contribution in [3.05, 3.63) is 0 Å². The third kappa shape index (κ3) is 4.12. The Morgan fingerprint density at radius 3 is 2.15 bits per heavy atom. The van der Waals surface area contributed by atoms with Crippen LogP contribution in [0.1, 0.15) is 13.3 Å². The molecule has 0 rings (SSSR count). The minimum Gasteiger partial charge on any atom is -0.384 e. The van der Waals surface area contributed by atoms with E-state index >= 15 is 0 Å². The van der Waals surface area contributed by atoms with Crippen LogP contribution >= 0.6 is 0 Å². The van der Waals surface area contributed by atoms with Crippen molar-refractivity contribution in [1.29, 1.82) is 0 Å². The molecule has 78 valence electrons. The third-order valence-corrected chi connectivity index (χ3v) is 1.65. The van der Waals surface area contributed by atoms with Crippen molar-refractivity contribution in [3.63, 3.8) is 0 Å². The zero-order chi connectivity index (χ0) is 10.7. The fraction of sp³-hybridized carbons (Fsp3) is 0.857. The Balaban J connectivity index is 4.51. The number of primary amides is 1. The largest absolute Gasteiger partial charge is 0.390 e. The summed E-state index contributed by atoms with van der Waals surface area (Å²) in [5.41, 5.74) is 3.17. The minimum atomic E-state index is -4.41. The average molecular weight is 199 g/mol. The zero-order valence-corrected chi connectivity index (χ0v) is 7.44. The van der Waals surface area contributed by atoms with Gasteiger partial charge in [0.2, 0.25) is 5.91 Å². The summed E-state index contributed by atoms with van der Waals surface area (Å²) in [7, 11) is 1.22. The maximum atomic E-state index is 12.0. The second-order valence-electron chi connectivity index (χ2n) is 3.15. The molecule has 1 atom stereocenters. The van der Waals surface area contributed by atoms with Gasteiger partial charge in [-0.2, -0.15) is 13.2 Å². The fourth-order valence-corrected chi connectivity index (χ4v) is 0.970. The first kappa shape index (κ1) is 12.2. The van der Waals surface area contributed by atoms with Gasteiger partial charge >= 0.3 is 6.18 Å². The van der Waals surface area contributed by atoms with Crippen LogP contribution in [0, 0.1) is 5.41 Å². The van der Waals surface area contributed by atoms with Crippen molar-refractivity contribution in [3.8, 4) is 0 Å². The number of rotatable bonds is 4. The minimum absolute atomic E-state index is 0.332. The molecule has 0 aromatic rings. The number of hydrogen-bond donors (Lipinski definition) is 1. The predicted octanol–water partition coefficient (Wildman–Crippen LogP) is 1.08. The Bertz CT molecular complexity index is 193. The molecular formula is C7H12F3NO2. The summed E-state index contributed by atoms with van der Waals surface area (Å²) in [4.78, 5) is 10.7. The van der Waals surface area contributed by atoms with Gasteiger partial charge < -0.3 is 10.5 Å². The van der Waals surface area contributed by atoms with Crippen LogP contribution in [-0.4, -0.2) is 25.8 Å². The van der Waals surface area contributed by atoms with E-state index < -0.39 is 23.9 Å². The molecule has 0 aliphatic carbocycles. The molecule has 0 bridgehead atoms. The first-order valence-electron chi connectivity index (χ1n) is 3.57. The number of ether oxygens (including phenoxy) is 1. The topological polar surface area (TPSA) is 52.3 Å². The lowest BCUT2D eigenvalue weighted by Crippen LogP contribution is -2.41. The van der Waals surface area contributed by atoms with Crippen LogP contribution in [-0.2, 0) is 9.53 Å². The van der Waals surface area contributed by atoms with Gasteiger partial charge in [0, 0.05) is 7.11 Å². The summed E-state index contributed by atoms with van der Waals surface area (Å²) in [6, 6.07) is 0. The van der Waals surface area contributed by atoms with Crippen LogP contribution in [0.5, 0.6) is 0 Å². The molecule has 0 radical (unpaired) electrons. The number of carbonyl (C=O) groups excluding carboxylic acids is 1. The first-order valence-corrected chi connectivity index (χ1v) is 3.57. The Labute approximate surface area is 74.0 Å². The number of methoxy groups -OCH3 is 1. The highest BCUT2D eigenvalue weighted by Crippen LogP contribution is 2.33. The van der Waals surface area contributed by atoms with E-state index in [0.29, 0.717) is 0 Å². The highest BCUT2D eigenvalue weighted by molar-refractivity contribution is 5.80. The van der Waals surface area contributed by atoms with Gasteiger partial charge in [-0.25, -0.2) is 0 Å². The molecule has 3 nitrogen and oxygen atoms in total. The van der Waals surface area contributed by atoms with Gasteiger partial charge in [0.15, 0.2) is 0 Å². The van der Waals surface area contributed by atoms with E-state index in [2.05, 4.69) is 4.74 Å². The highest BCUT2D eigenvalue weighted by atomic mass is 19.4. The van der Waals surface area contributed by atoms with E-state index in [0.717, 1.165) is 6.92 Å². The third-order valence-electron chi connectivity index (χ3n) is 1.65. The van der Waals surface area contributed by atoms with Crippen molar-refractivity contribution in [1.82, 2.24) is 0 Å². The summed E-state index contributed by atoms with van der Waals surface area (Å²) >= 11 is 0. The molecule has 0 saturated carbocycles. The molecule has 0 aromatic heterocycles. The molecule has 0 fully saturated rings. The maximum Gasteiger partial charge on any atom is 0.390 e. The van der Waals surface area contributed by atoms with Crippen molar-refractivity contribution in [2.24, 2.45) is 11.1 Å². The summed E-state index contributed by atoms with van der Waals surface area (Å²) in [6.45, 7) is 0.800. The number of halogens is 3. The maximum absolute atomic E-state index is 12.0. The van der Waals surface area contributed by atoms with E-state index in [4.69, 9.17) is 5.73 Å². The van der Waals surface area contributed by atoms with E-state index in [9.17, 15) is 18.0 Å². The molecule has 13 heavy (non-hydrogen) atoms. The smallest absolute Gasteiger partial charge is 0.384 e. The molecule has 0 aromatic carbocycles. The van der Waals surface area contributed by atoms with Gasteiger partial charge in [-0.3, -0.25) is 4.79 Å². The molecule has 0 aliphatic heterocycles. The summed E-state index contributed by atoms with van der Waals surface area (Å²) in [5, 5.41) is 0.